The first kappa shape index (κ1) is 15.4. The van der Waals surface area contributed by atoms with Crippen molar-refractivity contribution in [3.8, 4) is 6.07 Å². The minimum absolute atomic E-state index is 0.120. The van der Waals surface area contributed by atoms with Gasteiger partial charge in [-0.1, -0.05) is 0 Å². The molecule has 1 amide bonds. The fourth-order valence-corrected chi connectivity index (χ4v) is 2.02. The van der Waals surface area contributed by atoms with Crippen LogP contribution in [0.5, 0.6) is 0 Å². The van der Waals surface area contributed by atoms with Gasteiger partial charge in [0.25, 0.3) is 11.6 Å². The van der Waals surface area contributed by atoms with Gasteiger partial charge in [-0.3, -0.25) is 14.9 Å². The van der Waals surface area contributed by atoms with Crippen molar-refractivity contribution in [3.63, 3.8) is 0 Å². The van der Waals surface area contributed by atoms with Crippen LogP contribution >= 0.6 is 22.6 Å². The number of carbonyl (C=O) groups excluding carboxylic acids is 1. The van der Waals surface area contributed by atoms with Crippen LogP contribution < -0.4 is 0 Å². The van der Waals surface area contributed by atoms with E-state index in [1.165, 1.54) is 23.1 Å². The van der Waals surface area contributed by atoms with E-state index < -0.39 is 4.92 Å². The van der Waals surface area contributed by atoms with Gasteiger partial charge in [-0.15, -0.1) is 0 Å². The molecule has 0 heterocycles. The van der Waals surface area contributed by atoms with E-state index in [0.717, 1.165) is 0 Å². The zero-order valence-corrected chi connectivity index (χ0v) is 12.6. The van der Waals surface area contributed by atoms with Crippen molar-refractivity contribution in [2.45, 2.75) is 19.4 Å². The highest BCUT2D eigenvalue weighted by molar-refractivity contribution is 14.1. The van der Waals surface area contributed by atoms with Crippen molar-refractivity contribution in [2.24, 2.45) is 0 Å². The number of carbonyl (C=O) groups is 1. The maximum Gasteiger partial charge on any atom is 0.270 e. The van der Waals surface area contributed by atoms with E-state index in [1.807, 2.05) is 28.7 Å². The Morgan fingerprint density at radius 3 is 2.79 bits per heavy atom. The number of amides is 1. The Morgan fingerprint density at radius 1 is 1.63 bits per heavy atom. The lowest BCUT2D eigenvalue weighted by atomic mass is 10.1. The SMILES string of the molecule is CC(CC#N)N(C)C(=O)c1cc([N+](=O)[O-])ccc1I. The fourth-order valence-electron chi connectivity index (χ4n) is 1.45. The zero-order valence-electron chi connectivity index (χ0n) is 10.5. The zero-order chi connectivity index (χ0) is 14.6. The highest BCUT2D eigenvalue weighted by atomic mass is 127. The number of halogens is 1. The molecule has 1 rings (SSSR count). The molecular weight excluding hydrogens is 361 g/mol. The second kappa shape index (κ2) is 6.47. The molecule has 0 aliphatic heterocycles. The third-order valence-corrected chi connectivity index (χ3v) is 3.70. The van der Waals surface area contributed by atoms with Gasteiger partial charge in [-0.05, 0) is 35.6 Å². The number of nitrogens with zero attached hydrogens (tertiary/aromatic N) is 3. The van der Waals surface area contributed by atoms with Gasteiger partial charge in [0.2, 0.25) is 0 Å². The summed E-state index contributed by atoms with van der Waals surface area (Å²) < 4.78 is 0.643. The minimum atomic E-state index is -0.536. The van der Waals surface area contributed by atoms with Gasteiger partial charge in [-0.2, -0.15) is 5.26 Å². The van der Waals surface area contributed by atoms with Crippen LogP contribution in [0.2, 0.25) is 0 Å². The van der Waals surface area contributed by atoms with Crippen LogP contribution in [0.25, 0.3) is 0 Å². The second-order valence-electron chi connectivity index (χ2n) is 4.05. The predicted octanol–water partition coefficient (Wildman–Crippen LogP) is 2.57. The normalized spacial score (nSPS) is 11.5. The van der Waals surface area contributed by atoms with Crippen molar-refractivity contribution in [2.75, 3.05) is 7.05 Å². The average molecular weight is 373 g/mol. The molecule has 0 aromatic heterocycles. The number of hydrogen-bond donors (Lipinski definition) is 0. The summed E-state index contributed by atoms with van der Waals surface area (Å²) in [5.74, 6) is -0.323. The number of rotatable bonds is 4. The summed E-state index contributed by atoms with van der Waals surface area (Å²) >= 11 is 1.96. The molecule has 0 spiro atoms. The molecule has 1 atom stereocenters. The van der Waals surface area contributed by atoms with Gasteiger partial charge in [0.1, 0.15) is 0 Å². The van der Waals surface area contributed by atoms with Crippen LogP contribution in [0.4, 0.5) is 5.69 Å². The monoisotopic (exact) mass is 373 g/mol. The molecule has 6 nitrogen and oxygen atoms in total. The Bertz CT molecular complexity index is 554. The summed E-state index contributed by atoms with van der Waals surface area (Å²) in [5.41, 5.74) is 0.159. The molecule has 0 radical (unpaired) electrons. The van der Waals surface area contributed by atoms with E-state index in [-0.39, 0.29) is 29.6 Å². The van der Waals surface area contributed by atoms with Crippen molar-refractivity contribution >= 4 is 34.2 Å². The smallest absolute Gasteiger partial charge is 0.270 e. The van der Waals surface area contributed by atoms with Gasteiger partial charge in [0.05, 0.1) is 23.0 Å². The quantitative estimate of drug-likeness (QED) is 0.461. The standard InChI is InChI=1S/C12H12IN3O3/c1-8(5-6-14)15(2)12(17)10-7-9(16(18)19)3-4-11(10)13/h3-4,7-8H,5H2,1-2H3. The highest BCUT2D eigenvalue weighted by Gasteiger charge is 2.21. The lowest BCUT2D eigenvalue weighted by Crippen LogP contribution is -2.35. The van der Waals surface area contributed by atoms with Gasteiger partial charge in [-0.25, -0.2) is 0 Å². The van der Waals surface area contributed by atoms with Crippen molar-refractivity contribution < 1.29 is 9.72 Å². The molecule has 100 valence electrons. The van der Waals surface area contributed by atoms with Gasteiger partial charge >= 0.3 is 0 Å². The Balaban J connectivity index is 3.09. The predicted molar refractivity (Wildman–Crippen MR) is 77.6 cm³/mol. The van der Waals surface area contributed by atoms with Crippen LogP contribution in [0.3, 0.4) is 0 Å². The molecule has 0 saturated heterocycles. The molecule has 19 heavy (non-hydrogen) atoms. The Labute approximate surface area is 124 Å². The number of nitriles is 1. The lowest BCUT2D eigenvalue weighted by molar-refractivity contribution is -0.384. The first-order valence-electron chi connectivity index (χ1n) is 5.46. The molecule has 0 aliphatic rings. The van der Waals surface area contributed by atoms with E-state index in [2.05, 4.69) is 0 Å². The van der Waals surface area contributed by atoms with Crippen LogP contribution in [-0.2, 0) is 0 Å². The van der Waals surface area contributed by atoms with Crippen LogP contribution in [0.15, 0.2) is 18.2 Å². The molecule has 0 aliphatic carbocycles. The number of nitro groups is 1. The van der Waals surface area contributed by atoms with Gasteiger partial charge < -0.3 is 4.90 Å². The fraction of sp³-hybridized carbons (Fsp3) is 0.333. The summed E-state index contributed by atoms with van der Waals surface area (Å²) in [6.07, 6.45) is 0.216. The van der Waals surface area contributed by atoms with Crippen LogP contribution in [0.1, 0.15) is 23.7 Å². The number of nitro benzene ring substituents is 1. The summed E-state index contributed by atoms with van der Waals surface area (Å²) in [7, 11) is 1.58. The summed E-state index contributed by atoms with van der Waals surface area (Å²) in [6, 6.07) is 5.91. The number of non-ortho nitro benzene ring substituents is 1. The molecule has 1 aromatic rings. The maximum absolute atomic E-state index is 12.2. The third-order valence-electron chi connectivity index (χ3n) is 2.76. The Kier molecular flexibility index (Phi) is 5.23. The largest absolute Gasteiger partial charge is 0.338 e. The van der Waals surface area contributed by atoms with Gasteiger partial charge in [0.15, 0.2) is 0 Å². The third kappa shape index (κ3) is 3.64. The first-order chi connectivity index (χ1) is 8.88. The van der Waals surface area contributed by atoms with Gasteiger partial charge in [0, 0.05) is 28.8 Å². The first-order valence-corrected chi connectivity index (χ1v) is 6.54. The van der Waals surface area contributed by atoms with Crippen LogP contribution in [-0.4, -0.2) is 28.8 Å². The summed E-state index contributed by atoms with van der Waals surface area (Å²) in [6.45, 7) is 1.76. The van der Waals surface area contributed by atoms with Crippen molar-refractivity contribution in [1.82, 2.24) is 4.90 Å². The molecule has 1 unspecified atom stereocenters. The Morgan fingerprint density at radius 2 is 2.26 bits per heavy atom. The second-order valence-corrected chi connectivity index (χ2v) is 5.21. The van der Waals surface area contributed by atoms with E-state index >= 15 is 0 Å². The molecule has 0 saturated carbocycles. The highest BCUT2D eigenvalue weighted by Crippen LogP contribution is 2.21. The van der Waals surface area contributed by atoms with E-state index in [4.69, 9.17) is 5.26 Å². The Hall–Kier alpha value is -1.69. The van der Waals surface area contributed by atoms with Crippen molar-refractivity contribution in [1.29, 1.82) is 5.26 Å². The molecule has 1 aromatic carbocycles. The molecule has 0 fully saturated rings. The average Bonchev–Trinajstić information content (AvgIpc) is 2.37. The summed E-state index contributed by atoms with van der Waals surface area (Å²) in [5, 5.41) is 19.4. The molecule has 0 N–H and O–H groups in total. The van der Waals surface area contributed by atoms with E-state index in [1.54, 1.807) is 14.0 Å². The summed E-state index contributed by atoms with van der Waals surface area (Å²) in [4.78, 5) is 23.9. The number of hydrogen-bond acceptors (Lipinski definition) is 4. The van der Waals surface area contributed by atoms with E-state index in [9.17, 15) is 14.9 Å². The minimum Gasteiger partial charge on any atom is -0.338 e. The molecule has 0 bridgehead atoms. The maximum atomic E-state index is 12.2. The van der Waals surface area contributed by atoms with Crippen molar-refractivity contribution in [3.05, 3.63) is 37.4 Å². The van der Waals surface area contributed by atoms with E-state index in [0.29, 0.717) is 3.57 Å². The molecule has 7 heteroatoms. The lowest BCUT2D eigenvalue weighted by Gasteiger charge is -2.23. The topological polar surface area (TPSA) is 87.2 Å². The number of benzene rings is 1. The molecular formula is C12H12IN3O3. The van der Waals surface area contributed by atoms with Crippen LogP contribution in [0, 0.1) is 25.0 Å².